The van der Waals surface area contributed by atoms with E-state index in [1.54, 1.807) is 0 Å². The Kier molecular flexibility index (Phi) is 6.12. The minimum Gasteiger partial charge on any atom is -0.465 e. The molecular formula is C25H34F3N5O3. The molecule has 2 unspecified atom stereocenters. The lowest BCUT2D eigenvalue weighted by molar-refractivity contribution is -0.138. The molecule has 198 valence electrons. The van der Waals surface area contributed by atoms with Crippen molar-refractivity contribution in [3.05, 3.63) is 23.9 Å². The molecule has 0 aromatic carbocycles. The number of carboxylic acid groups (broad SMARTS) is 1. The average Bonchev–Trinajstić information content (AvgIpc) is 2.79. The Morgan fingerprint density at radius 2 is 1.69 bits per heavy atom. The zero-order valence-electron chi connectivity index (χ0n) is 20.6. The highest BCUT2D eigenvalue weighted by Crippen LogP contribution is 2.55. The predicted molar refractivity (Wildman–Crippen MR) is 126 cm³/mol. The maximum absolute atomic E-state index is 13.5. The van der Waals surface area contributed by atoms with Gasteiger partial charge in [0.2, 0.25) is 5.91 Å². The summed E-state index contributed by atoms with van der Waals surface area (Å²) in [6.45, 7) is 6.14. The van der Waals surface area contributed by atoms with E-state index < -0.39 is 23.4 Å². The first-order valence-electron chi connectivity index (χ1n) is 12.7. The highest BCUT2D eigenvalue weighted by atomic mass is 19.4. The number of carbonyl (C=O) groups is 2. The number of alkyl halides is 3. The van der Waals surface area contributed by atoms with Gasteiger partial charge in [-0.25, -0.2) is 9.78 Å². The lowest BCUT2D eigenvalue weighted by atomic mass is 9.51. The van der Waals surface area contributed by atoms with E-state index in [0.29, 0.717) is 37.9 Å². The van der Waals surface area contributed by atoms with Crippen LogP contribution in [0.5, 0.6) is 0 Å². The molecule has 2 atom stereocenters. The van der Waals surface area contributed by atoms with Crippen LogP contribution in [0, 0.1) is 17.8 Å². The molecule has 0 radical (unpaired) electrons. The fourth-order valence-electron chi connectivity index (χ4n) is 7.35. The molecule has 5 fully saturated rings. The Balaban J connectivity index is 1.19. The number of anilines is 1. The highest BCUT2D eigenvalue weighted by Gasteiger charge is 2.57. The molecular weight excluding hydrogens is 475 g/mol. The number of halogens is 3. The Bertz CT molecular complexity index is 991. The quantitative estimate of drug-likeness (QED) is 0.564. The summed E-state index contributed by atoms with van der Waals surface area (Å²) in [6.07, 6.45) is -0.00656. The minimum atomic E-state index is -4.41. The number of piperazine rings is 1. The Labute approximate surface area is 208 Å². The molecule has 36 heavy (non-hydrogen) atoms. The number of hydrogen-bond acceptors (Lipinski definition) is 5. The number of nitrogens with one attached hydrogen (secondary N) is 2. The van der Waals surface area contributed by atoms with Crippen molar-refractivity contribution >= 4 is 17.8 Å². The minimum absolute atomic E-state index is 0.0266. The summed E-state index contributed by atoms with van der Waals surface area (Å²) < 4.78 is 38.5. The second-order valence-corrected chi connectivity index (χ2v) is 11.6. The van der Waals surface area contributed by atoms with Crippen LogP contribution < -0.4 is 15.5 Å². The van der Waals surface area contributed by atoms with E-state index >= 15 is 0 Å². The number of hydrogen-bond donors (Lipinski definition) is 3. The molecule has 6 rings (SSSR count). The fraction of sp³-hybridized carbons (Fsp3) is 0.720. The zero-order chi connectivity index (χ0) is 25.9. The molecule has 1 saturated heterocycles. The van der Waals surface area contributed by atoms with Crippen LogP contribution in [0.1, 0.15) is 51.5 Å². The summed E-state index contributed by atoms with van der Waals surface area (Å²) in [5.74, 6) is 1.56. The lowest BCUT2D eigenvalue weighted by Crippen LogP contribution is -2.68. The van der Waals surface area contributed by atoms with E-state index in [1.807, 2.05) is 18.7 Å². The normalized spacial score (nSPS) is 32.4. The monoisotopic (exact) mass is 509 g/mol. The van der Waals surface area contributed by atoms with Gasteiger partial charge in [0, 0.05) is 44.0 Å². The number of rotatable bonds is 5. The van der Waals surface area contributed by atoms with Crippen LogP contribution in [0.3, 0.4) is 0 Å². The lowest BCUT2D eigenvalue weighted by Gasteiger charge is -2.60. The second kappa shape index (κ2) is 8.78. The maximum Gasteiger partial charge on any atom is 0.417 e. The third kappa shape index (κ3) is 4.62. The van der Waals surface area contributed by atoms with Crippen LogP contribution in [0.15, 0.2) is 18.3 Å². The summed E-state index contributed by atoms with van der Waals surface area (Å²) >= 11 is 0. The highest BCUT2D eigenvalue weighted by molar-refractivity contribution is 5.85. The van der Waals surface area contributed by atoms with Crippen LogP contribution in [0.4, 0.5) is 23.8 Å². The van der Waals surface area contributed by atoms with Gasteiger partial charge in [0.05, 0.1) is 11.1 Å². The van der Waals surface area contributed by atoms with E-state index in [4.69, 9.17) is 0 Å². The largest absolute Gasteiger partial charge is 0.465 e. The number of nitrogens with zero attached hydrogens (tertiary/aromatic N) is 3. The average molecular weight is 510 g/mol. The van der Waals surface area contributed by atoms with Crippen LogP contribution in [-0.4, -0.2) is 70.3 Å². The van der Waals surface area contributed by atoms with Crippen molar-refractivity contribution in [1.29, 1.82) is 0 Å². The van der Waals surface area contributed by atoms with Gasteiger partial charge >= 0.3 is 12.3 Å². The third-order valence-electron chi connectivity index (χ3n) is 8.97. The fourth-order valence-corrected chi connectivity index (χ4v) is 7.35. The van der Waals surface area contributed by atoms with Gasteiger partial charge in [0.15, 0.2) is 0 Å². The maximum atomic E-state index is 13.5. The molecule has 4 saturated carbocycles. The molecule has 0 spiro atoms. The van der Waals surface area contributed by atoms with E-state index in [2.05, 4.69) is 20.5 Å². The molecule has 1 aromatic rings. The molecule has 4 aliphatic carbocycles. The van der Waals surface area contributed by atoms with Crippen molar-refractivity contribution in [3.63, 3.8) is 0 Å². The first-order chi connectivity index (χ1) is 16.9. The summed E-state index contributed by atoms with van der Waals surface area (Å²) in [5, 5.41) is 15.5. The number of pyridine rings is 1. The smallest absolute Gasteiger partial charge is 0.417 e. The number of carbonyl (C=O) groups excluding carboxylic acids is 1. The molecule has 11 heteroatoms. The number of aromatic nitrogens is 1. The summed E-state index contributed by atoms with van der Waals surface area (Å²) in [6, 6.07) is 2.51. The molecule has 5 aliphatic rings. The number of amides is 2. The zero-order valence-corrected chi connectivity index (χ0v) is 20.6. The Morgan fingerprint density at radius 1 is 1.06 bits per heavy atom. The first-order valence-corrected chi connectivity index (χ1v) is 12.7. The van der Waals surface area contributed by atoms with Crippen LogP contribution >= 0.6 is 0 Å². The van der Waals surface area contributed by atoms with Crippen molar-refractivity contribution in [3.8, 4) is 0 Å². The molecule has 1 aliphatic heterocycles. The molecule has 3 N–H and O–H groups in total. The summed E-state index contributed by atoms with van der Waals surface area (Å²) in [7, 11) is 0. The molecule has 2 heterocycles. The van der Waals surface area contributed by atoms with Crippen LogP contribution in [0.25, 0.3) is 0 Å². The van der Waals surface area contributed by atoms with Gasteiger partial charge in [0.1, 0.15) is 5.82 Å². The predicted octanol–water partition coefficient (Wildman–Crippen LogP) is 3.33. The second-order valence-electron chi connectivity index (χ2n) is 11.6. The first kappa shape index (κ1) is 25.1. The van der Waals surface area contributed by atoms with Gasteiger partial charge in [-0.2, -0.15) is 13.2 Å². The van der Waals surface area contributed by atoms with Crippen LogP contribution in [-0.2, 0) is 11.0 Å². The van der Waals surface area contributed by atoms with Gasteiger partial charge in [-0.05, 0) is 75.8 Å². The van der Waals surface area contributed by atoms with Gasteiger partial charge in [-0.1, -0.05) is 0 Å². The standard InChI is InChI=1S/C25H34F3N5O3/c1-23(2,33-7-5-32(6-8-33)19-4-3-18(14-29-19)25(26,27)28)21(34)30-20-16-9-15-10-17(20)13-24(11-15,12-16)31-22(35)36/h3-4,14-17,20,31H,5-13H2,1-2H3,(H,30,34)(H,35,36). The van der Waals surface area contributed by atoms with Gasteiger partial charge in [0.25, 0.3) is 0 Å². The molecule has 1 aromatic heterocycles. The van der Waals surface area contributed by atoms with Crippen molar-refractivity contribution in [2.45, 2.75) is 69.2 Å². The van der Waals surface area contributed by atoms with E-state index in [1.165, 1.54) is 6.07 Å². The van der Waals surface area contributed by atoms with Crippen LogP contribution in [0.2, 0.25) is 0 Å². The third-order valence-corrected chi connectivity index (χ3v) is 8.97. The molecule has 4 bridgehead atoms. The SMILES string of the molecule is CC(C)(C(=O)NC1C2CC3CC1CC(NC(=O)O)(C3)C2)N1CCN(c2ccc(C(F)(F)F)cn2)CC1. The summed E-state index contributed by atoms with van der Waals surface area (Å²) in [5.41, 5.74) is -1.86. The van der Waals surface area contributed by atoms with Crippen molar-refractivity contribution in [1.82, 2.24) is 20.5 Å². The Hall–Kier alpha value is -2.56. The van der Waals surface area contributed by atoms with E-state index in [9.17, 15) is 27.9 Å². The van der Waals surface area contributed by atoms with Crippen molar-refractivity contribution < 1.29 is 27.9 Å². The van der Waals surface area contributed by atoms with E-state index in [-0.39, 0.29) is 29.3 Å². The van der Waals surface area contributed by atoms with E-state index in [0.717, 1.165) is 44.4 Å². The topological polar surface area (TPSA) is 97.8 Å². The summed E-state index contributed by atoms with van der Waals surface area (Å²) in [4.78, 5) is 32.9. The van der Waals surface area contributed by atoms with Gasteiger partial charge in [-0.15, -0.1) is 0 Å². The van der Waals surface area contributed by atoms with Gasteiger partial charge < -0.3 is 20.6 Å². The molecule has 2 amide bonds. The molecule has 8 nitrogen and oxygen atoms in total. The Morgan fingerprint density at radius 3 is 2.22 bits per heavy atom. The van der Waals surface area contributed by atoms with Crippen molar-refractivity contribution in [2.75, 3.05) is 31.1 Å². The van der Waals surface area contributed by atoms with Crippen molar-refractivity contribution in [2.24, 2.45) is 17.8 Å². The van der Waals surface area contributed by atoms with Gasteiger partial charge in [-0.3, -0.25) is 9.69 Å².